The fourth-order valence-electron chi connectivity index (χ4n) is 3.16. The SMILES string of the molecule is COc1cc2c(cc1CNc1ncc3ncn(C)c3n1)CCC2. The lowest BCUT2D eigenvalue weighted by atomic mass is 10.1. The van der Waals surface area contributed by atoms with Crippen molar-refractivity contribution >= 4 is 17.1 Å². The lowest BCUT2D eigenvalue weighted by Crippen LogP contribution is -2.06. The van der Waals surface area contributed by atoms with Crippen molar-refractivity contribution in [3.63, 3.8) is 0 Å². The van der Waals surface area contributed by atoms with E-state index in [1.807, 2.05) is 11.6 Å². The van der Waals surface area contributed by atoms with E-state index in [0.29, 0.717) is 12.5 Å². The molecule has 0 atom stereocenters. The topological polar surface area (TPSA) is 64.9 Å². The molecule has 2 aromatic heterocycles. The number of ether oxygens (including phenoxy) is 1. The van der Waals surface area contributed by atoms with E-state index in [9.17, 15) is 0 Å². The van der Waals surface area contributed by atoms with Crippen molar-refractivity contribution in [2.24, 2.45) is 7.05 Å². The molecule has 6 heteroatoms. The zero-order chi connectivity index (χ0) is 15.8. The first-order valence-corrected chi connectivity index (χ1v) is 7.81. The molecular formula is C17H19N5O. The van der Waals surface area contributed by atoms with Gasteiger partial charge in [0, 0.05) is 19.2 Å². The molecule has 0 bridgehead atoms. The van der Waals surface area contributed by atoms with Crippen LogP contribution in [0, 0.1) is 0 Å². The van der Waals surface area contributed by atoms with Gasteiger partial charge in [-0.25, -0.2) is 9.97 Å². The van der Waals surface area contributed by atoms with Crippen LogP contribution in [0.2, 0.25) is 0 Å². The highest BCUT2D eigenvalue weighted by Crippen LogP contribution is 2.30. The number of anilines is 1. The Labute approximate surface area is 134 Å². The van der Waals surface area contributed by atoms with Crippen LogP contribution < -0.4 is 10.1 Å². The first-order chi connectivity index (χ1) is 11.2. The molecule has 0 amide bonds. The van der Waals surface area contributed by atoms with Gasteiger partial charge in [0.05, 0.1) is 19.6 Å². The van der Waals surface area contributed by atoms with Crippen LogP contribution in [0.15, 0.2) is 24.7 Å². The molecule has 0 saturated carbocycles. The van der Waals surface area contributed by atoms with Crippen LogP contribution in [-0.4, -0.2) is 26.6 Å². The maximum atomic E-state index is 5.54. The number of aromatic nitrogens is 4. The predicted octanol–water partition coefficient (Wildman–Crippen LogP) is 2.47. The maximum absolute atomic E-state index is 5.54. The summed E-state index contributed by atoms with van der Waals surface area (Å²) in [6.45, 7) is 0.639. The molecule has 3 aromatic rings. The van der Waals surface area contributed by atoms with E-state index < -0.39 is 0 Å². The number of benzene rings is 1. The summed E-state index contributed by atoms with van der Waals surface area (Å²) in [5, 5.41) is 3.29. The third-order valence-corrected chi connectivity index (χ3v) is 4.39. The molecule has 0 saturated heterocycles. The van der Waals surface area contributed by atoms with Crippen LogP contribution in [0.5, 0.6) is 5.75 Å². The molecule has 1 N–H and O–H groups in total. The van der Waals surface area contributed by atoms with Crippen LogP contribution >= 0.6 is 0 Å². The molecule has 0 spiro atoms. The first-order valence-electron chi connectivity index (χ1n) is 7.81. The summed E-state index contributed by atoms with van der Waals surface area (Å²) in [5.74, 6) is 1.53. The Morgan fingerprint density at radius 2 is 2.04 bits per heavy atom. The Bertz CT molecular complexity index is 871. The van der Waals surface area contributed by atoms with Crippen LogP contribution in [0.3, 0.4) is 0 Å². The Morgan fingerprint density at radius 1 is 1.22 bits per heavy atom. The summed E-state index contributed by atoms with van der Waals surface area (Å²) < 4.78 is 7.43. The summed E-state index contributed by atoms with van der Waals surface area (Å²) in [7, 11) is 3.65. The highest BCUT2D eigenvalue weighted by molar-refractivity contribution is 5.70. The van der Waals surface area contributed by atoms with Crippen molar-refractivity contribution in [3.8, 4) is 5.75 Å². The van der Waals surface area contributed by atoms with E-state index in [0.717, 1.165) is 35.3 Å². The Kier molecular flexibility index (Phi) is 3.37. The van der Waals surface area contributed by atoms with Crippen LogP contribution in [-0.2, 0) is 26.4 Å². The average Bonchev–Trinajstić information content (AvgIpc) is 3.18. The summed E-state index contributed by atoms with van der Waals surface area (Å²) >= 11 is 0. The van der Waals surface area contributed by atoms with Crippen molar-refractivity contribution in [3.05, 3.63) is 41.3 Å². The average molecular weight is 309 g/mol. The molecule has 118 valence electrons. The second-order valence-electron chi connectivity index (χ2n) is 5.90. The zero-order valence-electron chi connectivity index (χ0n) is 13.3. The van der Waals surface area contributed by atoms with Crippen LogP contribution in [0.1, 0.15) is 23.1 Å². The fourth-order valence-corrected chi connectivity index (χ4v) is 3.16. The van der Waals surface area contributed by atoms with Crippen LogP contribution in [0.25, 0.3) is 11.2 Å². The van der Waals surface area contributed by atoms with Gasteiger partial charge >= 0.3 is 0 Å². The highest BCUT2D eigenvalue weighted by atomic mass is 16.5. The van der Waals surface area contributed by atoms with Gasteiger partial charge in [-0.05, 0) is 36.5 Å². The third-order valence-electron chi connectivity index (χ3n) is 4.39. The van der Waals surface area contributed by atoms with Gasteiger partial charge in [0.25, 0.3) is 0 Å². The quantitative estimate of drug-likeness (QED) is 0.802. The molecular weight excluding hydrogens is 290 g/mol. The van der Waals surface area contributed by atoms with Gasteiger partial charge in [-0.15, -0.1) is 0 Å². The second kappa shape index (κ2) is 5.53. The van der Waals surface area contributed by atoms with Gasteiger partial charge < -0.3 is 14.6 Å². The summed E-state index contributed by atoms with van der Waals surface area (Å²) in [6.07, 6.45) is 7.02. The van der Waals surface area contributed by atoms with E-state index in [-0.39, 0.29) is 0 Å². The number of imidazole rings is 1. The van der Waals surface area contributed by atoms with Gasteiger partial charge in [0.2, 0.25) is 5.95 Å². The minimum atomic E-state index is 0.601. The summed E-state index contributed by atoms with van der Waals surface area (Å²) in [4.78, 5) is 13.1. The minimum absolute atomic E-state index is 0.601. The molecule has 2 heterocycles. The summed E-state index contributed by atoms with van der Waals surface area (Å²) in [5.41, 5.74) is 5.61. The molecule has 0 fully saturated rings. The normalized spacial score (nSPS) is 13.3. The lowest BCUT2D eigenvalue weighted by molar-refractivity contribution is 0.410. The standard InChI is InChI=1S/C17H19N5O/c1-22-10-20-14-9-19-17(21-16(14)22)18-8-13-6-11-4-3-5-12(11)7-15(13)23-2/h6-7,9-10H,3-5,8H2,1-2H3,(H,18,19,21). The number of hydrogen-bond acceptors (Lipinski definition) is 5. The largest absolute Gasteiger partial charge is 0.496 e. The van der Waals surface area contributed by atoms with E-state index in [1.165, 1.54) is 17.5 Å². The molecule has 0 aliphatic heterocycles. The van der Waals surface area contributed by atoms with Gasteiger partial charge in [-0.1, -0.05) is 6.07 Å². The van der Waals surface area contributed by atoms with Crippen molar-refractivity contribution < 1.29 is 4.74 Å². The van der Waals surface area contributed by atoms with Gasteiger partial charge in [0.15, 0.2) is 5.65 Å². The van der Waals surface area contributed by atoms with E-state index >= 15 is 0 Å². The number of nitrogens with zero attached hydrogens (tertiary/aromatic N) is 4. The maximum Gasteiger partial charge on any atom is 0.225 e. The molecule has 23 heavy (non-hydrogen) atoms. The summed E-state index contributed by atoms with van der Waals surface area (Å²) in [6, 6.07) is 4.42. The number of methoxy groups -OCH3 is 1. The van der Waals surface area contributed by atoms with E-state index in [2.05, 4.69) is 32.4 Å². The lowest BCUT2D eigenvalue weighted by Gasteiger charge is -2.12. The van der Waals surface area contributed by atoms with Crippen molar-refractivity contribution in [1.82, 2.24) is 19.5 Å². The van der Waals surface area contributed by atoms with Gasteiger partial charge in [0.1, 0.15) is 11.3 Å². The highest BCUT2D eigenvalue weighted by Gasteiger charge is 2.15. The first kappa shape index (κ1) is 14.0. The van der Waals surface area contributed by atoms with Gasteiger partial charge in [-0.2, -0.15) is 4.98 Å². The monoisotopic (exact) mass is 309 g/mol. The predicted molar refractivity (Wildman–Crippen MR) is 88.6 cm³/mol. The molecule has 1 aliphatic rings. The number of nitrogens with one attached hydrogen (secondary N) is 1. The Balaban J connectivity index is 1.59. The third kappa shape index (κ3) is 2.50. The second-order valence-corrected chi connectivity index (χ2v) is 5.90. The Morgan fingerprint density at radius 3 is 2.87 bits per heavy atom. The number of hydrogen-bond donors (Lipinski definition) is 1. The van der Waals surface area contributed by atoms with Crippen molar-refractivity contribution in [2.45, 2.75) is 25.8 Å². The van der Waals surface area contributed by atoms with Gasteiger partial charge in [-0.3, -0.25) is 0 Å². The van der Waals surface area contributed by atoms with Crippen LogP contribution in [0.4, 0.5) is 5.95 Å². The molecule has 1 aliphatic carbocycles. The number of aryl methyl sites for hydroxylation is 3. The molecule has 6 nitrogen and oxygen atoms in total. The minimum Gasteiger partial charge on any atom is -0.496 e. The number of fused-ring (bicyclic) bond motifs is 2. The van der Waals surface area contributed by atoms with Crippen molar-refractivity contribution in [2.75, 3.05) is 12.4 Å². The molecule has 0 unspecified atom stereocenters. The smallest absolute Gasteiger partial charge is 0.225 e. The van der Waals surface area contributed by atoms with E-state index in [1.54, 1.807) is 19.6 Å². The number of rotatable bonds is 4. The van der Waals surface area contributed by atoms with E-state index in [4.69, 9.17) is 4.74 Å². The molecule has 0 radical (unpaired) electrons. The fraction of sp³-hybridized carbons (Fsp3) is 0.353. The molecule has 1 aromatic carbocycles. The zero-order valence-corrected chi connectivity index (χ0v) is 13.3. The van der Waals surface area contributed by atoms with Crippen molar-refractivity contribution in [1.29, 1.82) is 0 Å². The molecule has 4 rings (SSSR count). The Hall–Kier alpha value is -2.63.